The lowest BCUT2D eigenvalue weighted by Crippen LogP contribution is -1.99. The SMILES string of the molecule is C[CH]c1cc(CCCCCCCCCC)nc(CCCCCCCCCC)c1. The van der Waals surface area contributed by atoms with Crippen molar-refractivity contribution < 1.29 is 0 Å². The second-order valence-electron chi connectivity index (χ2n) is 8.62. The molecule has 0 unspecified atom stereocenters. The van der Waals surface area contributed by atoms with Gasteiger partial charge in [0.05, 0.1) is 0 Å². The molecule has 28 heavy (non-hydrogen) atoms. The number of hydrogen-bond acceptors (Lipinski definition) is 1. The lowest BCUT2D eigenvalue weighted by molar-refractivity contribution is 0.570. The molecule has 0 fully saturated rings. The molecule has 0 saturated heterocycles. The van der Waals surface area contributed by atoms with E-state index in [2.05, 4.69) is 39.3 Å². The molecule has 1 heterocycles. The van der Waals surface area contributed by atoms with Crippen LogP contribution in [0, 0.1) is 6.42 Å². The molecule has 161 valence electrons. The van der Waals surface area contributed by atoms with Gasteiger partial charge in [-0.1, -0.05) is 111 Å². The van der Waals surface area contributed by atoms with E-state index in [1.165, 1.54) is 120 Å². The average Bonchev–Trinajstić information content (AvgIpc) is 2.71. The van der Waals surface area contributed by atoms with Crippen LogP contribution in [-0.4, -0.2) is 4.98 Å². The minimum atomic E-state index is 1.15. The van der Waals surface area contributed by atoms with Crippen molar-refractivity contribution in [2.45, 2.75) is 136 Å². The molecular formula is C27H48N. The van der Waals surface area contributed by atoms with Crippen LogP contribution < -0.4 is 0 Å². The van der Waals surface area contributed by atoms with Gasteiger partial charge in [-0.25, -0.2) is 0 Å². The third kappa shape index (κ3) is 13.3. The van der Waals surface area contributed by atoms with Crippen LogP contribution in [0.15, 0.2) is 12.1 Å². The highest BCUT2D eigenvalue weighted by atomic mass is 14.7. The van der Waals surface area contributed by atoms with E-state index < -0.39 is 0 Å². The quantitative estimate of drug-likeness (QED) is 0.216. The van der Waals surface area contributed by atoms with Gasteiger partial charge in [-0.15, -0.1) is 0 Å². The fraction of sp³-hybridized carbons (Fsp3) is 0.778. The Hall–Kier alpha value is -0.850. The summed E-state index contributed by atoms with van der Waals surface area (Å²) in [5, 5.41) is 0. The second-order valence-corrected chi connectivity index (χ2v) is 8.62. The molecule has 0 aliphatic rings. The number of unbranched alkanes of at least 4 members (excludes halogenated alkanes) is 14. The molecule has 1 aromatic heterocycles. The molecule has 0 atom stereocenters. The number of pyridine rings is 1. The Labute approximate surface area is 177 Å². The Kier molecular flexibility index (Phi) is 16.4. The van der Waals surface area contributed by atoms with Crippen LogP contribution >= 0.6 is 0 Å². The van der Waals surface area contributed by atoms with Gasteiger partial charge in [-0.05, 0) is 49.8 Å². The van der Waals surface area contributed by atoms with E-state index in [9.17, 15) is 0 Å². The molecule has 0 amide bonds. The van der Waals surface area contributed by atoms with Crippen LogP contribution in [0.3, 0.4) is 0 Å². The van der Waals surface area contributed by atoms with Crippen LogP contribution in [0.25, 0.3) is 0 Å². The Morgan fingerprint density at radius 2 is 0.929 bits per heavy atom. The number of aromatic nitrogens is 1. The van der Waals surface area contributed by atoms with E-state index in [-0.39, 0.29) is 0 Å². The van der Waals surface area contributed by atoms with E-state index in [4.69, 9.17) is 4.98 Å². The minimum Gasteiger partial charge on any atom is -0.258 e. The van der Waals surface area contributed by atoms with E-state index in [0.29, 0.717) is 0 Å². The minimum absolute atomic E-state index is 1.15. The van der Waals surface area contributed by atoms with Gasteiger partial charge in [0, 0.05) is 11.4 Å². The maximum Gasteiger partial charge on any atom is 0.0409 e. The molecular weight excluding hydrogens is 338 g/mol. The zero-order valence-corrected chi connectivity index (χ0v) is 19.4. The first-order valence-electron chi connectivity index (χ1n) is 12.6. The topological polar surface area (TPSA) is 12.9 Å². The molecule has 0 spiro atoms. The number of hydrogen-bond donors (Lipinski definition) is 0. The van der Waals surface area contributed by atoms with E-state index >= 15 is 0 Å². The van der Waals surface area contributed by atoms with Crippen molar-refractivity contribution in [2.24, 2.45) is 0 Å². The van der Waals surface area contributed by atoms with Crippen LogP contribution in [0.2, 0.25) is 0 Å². The summed E-state index contributed by atoms with van der Waals surface area (Å²) in [4.78, 5) is 4.98. The van der Waals surface area contributed by atoms with Crippen molar-refractivity contribution >= 4 is 0 Å². The first-order chi connectivity index (χ1) is 13.8. The van der Waals surface area contributed by atoms with Crippen molar-refractivity contribution in [3.8, 4) is 0 Å². The molecule has 0 aromatic carbocycles. The zero-order valence-electron chi connectivity index (χ0n) is 19.4. The highest BCUT2D eigenvalue weighted by molar-refractivity contribution is 5.27. The van der Waals surface area contributed by atoms with Crippen molar-refractivity contribution in [1.82, 2.24) is 4.98 Å². The molecule has 1 radical (unpaired) electrons. The van der Waals surface area contributed by atoms with Crippen molar-refractivity contribution in [3.63, 3.8) is 0 Å². The van der Waals surface area contributed by atoms with Gasteiger partial charge >= 0.3 is 0 Å². The third-order valence-electron chi connectivity index (χ3n) is 5.86. The number of nitrogens with zero attached hydrogens (tertiary/aromatic N) is 1. The maximum atomic E-state index is 4.98. The predicted molar refractivity (Wildman–Crippen MR) is 126 cm³/mol. The molecule has 0 N–H and O–H groups in total. The summed E-state index contributed by atoms with van der Waals surface area (Å²) in [5.41, 5.74) is 3.99. The summed E-state index contributed by atoms with van der Waals surface area (Å²) in [5.74, 6) is 0. The largest absolute Gasteiger partial charge is 0.258 e. The van der Waals surface area contributed by atoms with Crippen molar-refractivity contribution in [3.05, 3.63) is 35.5 Å². The van der Waals surface area contributed by atoms with Crippen LogP contribution in [-0.2, 0) is 12.8 Å². The van der Waals surface area contributed by atoms with Gasteiger partial charge in [0.15, 0.2) is 0 Å². The lowest BCUT2D eigenvalue weighted by atomic mass is 10.0. The molecule has 0 aliphatic heterocycles. The molecule has 1 aromatic rings. The van der Waals surface area contributed by atoms with Gasteiger partial charge in [0.2, 0.25) is 0 Å². The zero-order chi connectivity index (χ0) is 20.3. The van der Waals surface area contributed by atoms with Gasteiger partial charge < -0.3 is 0 Å². The second kappa shape index (κ2) is 18.2. The highest BCUT2D eigenvalue weighted by Crippen LogP contribution is 2.16. The van der Waals surface area contributed by atoms with Crippen LogP contribution in [0.4, 0.5) is 0 Å². The van der Waals surface area contributed by atoms with E-state index in [1.54, 1.807) is 0 Å². The smallest absolute Gasteiger partial charge is 0.0409 e. The fourth-order valence-corrected chi connectivity index (χ4v) is 3.98. The Balaban J connectivity index is 2.22. The summed E-state index contributed by atoms with van der Waals surface area (Å²) >= 11 is 0. The highest BCUT2D eigenvalue weighted by Gasteiger charge is 2.03. The van der Waals surface area contributed by atoms with Gasteiger partial charge in [-0.3, -0.25) is 4.98 Å². The molecule has 0 bridgehead atoms. The van der Waals surface area contributed by atoms with Crippen molar-refractivity contribution in [2.75, 3.05) is 0 Å². The standard InChI is InChI=1S/C27H48N/c1-4-7-9-11-13-15-17-19-21-26-23-25(6-3)24-27(28-26)22-20-18-16-14-12-10-8-5-2/h6,23-24H,4-5,7-22H2,1-3H3. The Morgan fingerprint density at radius 1 is 0.571 bits per heavy atom. The van der Waals surface area contributed by atoms with Gasteiger partial charge in [-0.2, -0.15) is 0 Å². The number of rotatable bonds is 19. The fourth-order valence-electron chi connectivity index (χ4n) is 3.98. The van der Waals surface area contributed by atoms with E-state index in [1.807, 2.05) is 0 Å². The third-order valence-corrected chi connectivity index (χ3v) is 5.86. The van der Waals surface area contributed by atoms with Gasteiger partial charge in [0.1, 0.15) is 0 Å². The summed E-state index contributed by atoms with van der Waals surface area (Å²) in [7, 11) is 0. The molecule has 0 aliphatic carbocycles. The maximum absolute atomic E-state index is 4.98. The molecule has 1 heteroatoms. The van der Waals surface area contributed by atoms with Crippen molar-refractivity contribution in [1.29, 1.82) is 0 Å². The normalized spacial score (nSPS) is 11.2. The monoisotopic (exact) mass is 386 g/mol. The Morgan fingerprint density at radius 3 is 1.29 bits per heavy atom. The lowest BCUT2D eigenvalue weighted by Gasteiger charge is -2.09. The van der Waals surface area contributed by atoms with Gasteiger partial charge in [0.25, 0.3) is 0 Å². The summed E-state index contributed by atoms with van der Waals surface area (Å²) < 4.78 is 0. The summed E-state index contributed by atoms with van der Waals surface area (Å²) in [6.07, 6.45) is 26.7. The average molecular weight is 387 g/mol. The first kappa shape index (κ1) is 25.2. The summed E-state index contributed by atoms with van der Waals surface area (Å²) in [6.45, 7) is 6.73. The molecule has 1 nitrogen and oxygen atoms in total. The van der Waals surface area contributed by atoms with Crippen LogP contribution in [0.5, 0.6) is 0 Å². The number of aryl methyl sites for hydroxylation is 2. The first-order valence-corrected chi connectivity index (χ1v) is 12.6. The Bertz CT molecular complexity index is 427. The molecule has 1 rings (SSSR count). The van der Waals surface area contributed by atoms with E-state index in [0.717, 1.165) is 12.8 Å². The predicted octanol–water partition coefficient (Wildman–Crippen LogP) is 9.02. The molecule has 0 saturated carbocycles. The van der Waals surface area contributed by atoms with Crippen LogP contribution in [0.1, 0.15) is 140 Å². The summed E-state index contributed by atoms with van der Waals surface area (Å²) in [6, 6.07) is 4.61.